The molecule has 2 heterocycles. The van der Waals surface area contributed by atoms with Crippen LogP contribution in [-0.4, -0.2) is 54.1 Å². The first kappa shape index (κ1) is 14.5. The summed E-state index contributed by atoms with van der Waals surface area (Å²) in [5.74, 6) is 1.26. The largest absolute Gasteiger partial charge is 0.497 e. The molecule has 0 radical (unpaired) electrons. The van der Waals surface area contributed by atoms with Crippen LogP contribution in [0.3, 0.4) is 0 Å². The molecule has 122 valence electrons. The van der Waals surface area contributed by atoms with Gasteiger partial charge in [0.05, 0.1) is 33.2 Å². The molecule has 1 spiro atoms. The number of methoxy groups -OCH3 is 1. The number of benzene rings is 1. The van der Waals surface area contributed by atoms with Crippen LogP contribution in [0.1, 0.15) is 29.6 Å². The highest BCUT2D eigenvalue weighted by Gasteiger charge is 2.55. The molecule has 0 atom stereocenters. The smallest absolute Gasteiger partial charge is 0.254 e. The minimum Gasteiger partial charge on any atom is -0.497 e. The van der Waals surface area contributed by atoms with Crippen molar-refractivity contribution in [3.63, 3.8) is 0 Å². The second kappa shape index (κ2) is 5.23. The molecule has 0 aromatic heterocycles. The number of nitrogens with zero attached hydrogens (tertiary/aromatic N) is 2. The lowest BCUT2D eigenvalue weighted by Gasteiger charge is -2.45. The van der Waals surface area contributed by atoms with E-state index in [1.54, 1.807) is 30.2 Å². The molecule has 1 aliphatic carbocycles. The third-order valence-corrected chi connectivity index (χ3v) is 4.74. The summed E-state index contributed by atoms with van der Waals surface area (Å²) in [5.41, 5.74) is 0.0962. The monoisotopic (exact) mass is 316 g/mol. The lowest BCUT2D eigenvalue weighted by molar-refractivity contribution is -0.230. The molecule has 6 nitrogen and oxygen atoms in total. The summed E-state index contributed by atoms with van der Waals surface area (Å²) < 4.78 is 5.15. The number of likely N-dealkylation sites (tertiary alicyclic amines) is 1. The summed E-state index contributed by atoms with van der Waals surface area (Å²) in [6, 6.07) is 7.11. The van der Waals surface area contributed by atoms with Crippen molar-refractivity contribution in [2.75, 3.05) is 26.7 Å². The van der Waals surface area contributed by atoms with E-state index in [2.05, 4.69) is 0 Å². The highest BCUT2D eigenvalue weighted by atomic mass is 16.7. The molecule has 23 heavy (non-hydrogen) atoms. The van der Waals surface area contributed by atoms with Crippen LogP contribution in [0.4, 0.5) is 0 Å². The molecule has 0 bridgehead atoms. The van der Waals surface area contributed by atoms with Crippen LogP contribution in [0.5, 0.6) is 5.75 Å². The Morgan fingerprint density at radius 1 is 1.39 bits per heavy atom. The van der Waals surface area contributed by atoms with Gasteiger partial charge in [0.2, 0.25) is 5.91 Å². The Labute approximate surface area is 134 Å². The van der Waals surface area contributed by atoms with Gasteiger partial charge >= 0.3 is 0 Å². The van der Waals surface area contributed by atoms with Crippen molar-refractivity contribution in [3.05, 3.63) is 29.8 Å². The summed E-state index contributed by atoms with van der Waals surface area (Å²) in [4.78, 5) is 32.2. The van der Waals surface area contributed by atoms with Crippen molar-refractivity contribution in [2.24, 2.45) is 5.92 Å². The number of hydroxylamine groups is 2. The SMILES string of the molecule is COc1cccc(C(=O)N2CC3(CC(=O)N(CC4CC4)O3)C2)c1. The summed E-state index contributed by atoms with van der Waals surface area (Å²) in [5, 5.41) is 1.52. The van der Waals surface area contributed by atoms with Gasteiger partial charge in [0.15, 0.2) is 0 Å². The molecule has 3 fully saturated rings. The molecule has 2 aliphatic heterocycles. The normalized spacial score (nSPS) is 22.4. The van der Waals surface area contributed by atoms with Crippen LogP contribution >= 0.6 is 0 Å². The van der Waals surface area contributed by atoms with Gasteiger partial charge in [-0.2, -0.15) is 0 Å². The van der Waals surface area contributed by atoms with Crippen LogP contribution in [0.15, 0.2) is 24.3 Å². The van der Waals surface area contributed by atoms with Crippen molar-refractivity contribution < 1.29 is 19.2 Å². The van der Waals surface area contributed by atoms with Crippen LogP contribution in [-0.2, 0) is 9.63 Å². The van der Waals surface area contributed by atoms with E-state index >= 15 is 0 Å². The number of amides is 2. The molecule has 1 saturated carbocycles. The van der Waals surface area contributed by atoms with E-state index < -0.39 is 5.60 Å². The van der Waals surface area contributed by atoms with Gasteiger partial charge in [0.1, 0.15) is 11.4 Å². The Balaban J connectivity index is 1.38. The van der Waals surface area contributed by atoms with E-state index in [9.17, 15) is 9.59 Å². The van der Waals surface area contributed by atoms with Gasteiger partial charge in [-0.15, -0.1) is 0 Å². The van der Waals surface area contributed by atoms with Gasteiger partial charge in [-0.25, -0.2) is 5.06 Å². The molecular weight excluding hydrogens is 296 g/mol. The van der Waals surface area contributed by atoms with Gasteiger partial charge in [-0.05, 0) is 37.0 Å². The Morgan fingerprint density at radius 2 is 2.17 bits per heavy atom. The number of carbonyl (C=O) groups is 2. The number of ether oxygens (including phenoxy) is 1. The third-order valence-electron chi connectivity index (χ3n) is 4.74. The van der Waals surface area contributed by atoms with Crippen molar-refractivity contribution >= 4 is 11.8 Å². The average molecular weight is 316 g/mol. The van der Waals surface area contributed by atoms with Crippen molar-refractivity contribution in [2.45, 2.75) is 24.9 Å². The Bertz CT molecular complexity index is 650. The highest BCUT2D eigenvalue weighted by Crippen LogP contribution is 2.39. The van der Waals surface area contributed by atoms with Crippen LogP contribution in [0.25, 0.3) is 0 Å². The first-order valence-corrected chi connectivity index (χ1v) is 8.01. The molecule has 0 unspecified atom stereocenters. The summed E-state index contributed by atoms with van der Waals surface area (Å²) >= 11 is 0. The molecule has 1 aromatic carbocycles. The molecule has 1 aromatic rings. The lowest BCUT2D eigenvalue weighted by atomic mass is 9.90. The predicted octanol–water partition coefficient (Wildman–Crippen LogP) is 1.46. The second-order valence-electron chi connectivity index (χ2n) is 6.74. The quantitative estimate of drug-likeness (QED) is 0.844. The maximum Gasteiger partial charge on any atom is 0.254 e. The van der Waals surface area contributed by atoms with Crippen molar-refractivity contribution in [1.82, 2.24) is 9.96 Å². The van der Waals surface area contributed by atoms with Gasteiger partial charge in [-0.1, -0.05) is 6.07 Å². The topological polar surface area (TPSA) is 59.1 Å². The average Bonchev–Trinajstić information content (AvgIpc) is 3.28. The summed E-state index contributed by atoms with van der Waals surface area (Å²) in [7, 11) is 1.58. The number of carbonyl (C=O) groups excluding carboxylic acids is 2. The minimum absolute atomic E-state index is 0.0466. The molecular formula is C17H20N2O4. The predicted molar refractivity (Wildman–Crippen MR) is 81.8 cm³/mol. The number of rotatable bonds is 4. The molecule has 2 amide bonds. The van der Waals surface area contributed by atoms with E-state index in [0.717, 1.165) is 0 Å². The van der Waals surface area contributed by atoms with E-state index in [1.807, 2.05) is 6.07 Å². The Hall–Kier alpha value is -2.08. The van der Waals surface area contributed by atoms with E-state index in [-0.39, 0.29) is 11.8 Å². The summed E-state index contributed by atoms with van der Waals surface area (Å²) in [6.45, 7) is 1.64. The first-order valence-electron chi connectivity index (χ1n) is 8.01. The zero-order valence-corrected chi connectivity index (χ0v) is 13.2. The van der Waals surface area contributed by atoms with Gasteiger partial charge in [0, 0.05) is 5.56 Å². The van der Waals surface area contributed by atoms with E-state index in [1.165, 1.54) is 17.9 Å². The highest BCUT2D eigenvalue weighted by molar-refractivity contribution is 5.95. The van der Waals surface area contributed by atoms with Crippen LogP contribution < -0.4 is 4.74 Å². The zero-order chi connectivity index (χ0) is 16.0. The zero-order valence-electron chi connectivity index (χ0n) is 13.2. The fraction of sp³-hybridized carbons (Fsp3) is 0.529. The molecule has 0 N–H and O–H groups in total. The van der Waals surface area contributed by atoms with Gasteiger partial charge in [0.25, 0.3) is 5.91 Å². The number of hydrogen-bond donors (Lipinski definition) is 0. The van der Waals surface area contributed by atoms with E-state index in [0.29, 0.717) is 43.3 Å². The first-order chi connectivity index (χ1) is 11.1. The maximum absolute atomic E-state index is 12.5. The second-order valence-corrected chi connectivity index (χ2v) is 6.74. The third kappa shape index (κ3) is 2.67. The number of hydrogen-bond acceptors (Lipinski definition) is 4. The molecule has 2 saturated heterocycles. The standard InChI is InChI=1S/C17H20N2O4/c1-22-14-4-2-3-13(7-14)16(21)18-10-17(11-18)8-15(20)19(23-17)9-12-5-6-12/h2-4,7,12H,5-6,8-11H2,1H3. The van der Waals surface area contributed by atoms with Crippen molar-refractivity contribution in [1.29, 1.82) is 0 Å². The van der Waals surface area contributed by atoms with Gasteiger partial charge in [-0.3, -0.25) is 14.4 Å². The lowest BCUT2D eigenvalue weighted by Crippen LogP contribution is -2.63. The molecule has 3 aliphatic rings. The molecule has 4 rings (SSSR count). The van der Waals surface area contributed by atoms with E-state index in [4.69, 9.17) is 9.57 Å². The van der Waals surface area contributed by atoms with Crippen molar-refractivity contribution in [3.8, 4) is 5.75 Å². The summed E-state index contributed by atoms with van der Waals surface area (Å²) in [6.07, 6.45) is 2.74. The fourth-order valence-corrected chi connectivity index (χ4v) is 3.26. The Morgan fingerprint density at radius 3 is 2.87 bits per heavy atom. The fourth-order valence-electron chi connectivity index (χ4n) is 3.26. The maximum atomic E-state index is 12.5. The van der Waals surface area contributed by atoms with Crippen LogP contribution in [0.2, 0.25) is 0 Å². The van der Waals surface area contributed by atoms with Crippen LogP contribution in [0, 0.1) is 5.92 Å². The van der Waals surface area contributed by atoms with Gasteiger partial charge < -0.3 is 9.64 Å². The minimum atomic E-state index is -0.500. The molecule has 6 heteroatoms. The Kier molecular flexibility index (Phi) is 3.30.